The van der Waals surface area contributed by atoms with Crippen molar-refractivity contribution < 1.29 is 19.4 Å². The zero-order valence-electron chi connectivity index (χ0n) is 10.4. The van der Waals surface area contributed by atoms with E-state index in [4.69, 9.17) is 9.84 Å². The van der Waals surface area contributed by atoms with Crippen molar-refractivity contribution >= 4 is 23.8 Å². The topological polar surface area (TPSA) is 75.6 Å². The Morgan fingerprint density at radius 1 is 1.41 bits per heavy atom. The second-order valence-corrected chi connectivity index (χ2v) is 6.38. The van der Waals surface area contributed by atoms with Crippen LogP contribution in [0.15, 0.2) is 0 Å². The predicted octanol–water partition coefficient (Wildman–Crippen LogP) is 2.07. The fraction of sp³-hybridized carbons (Fsp3) is 0.818. The number of rotatable bonds is 2. The average Bonchev–Trinajstić information content (AvgIpc) is 2.14. The Morgan fingerprint density at radius 3 is 2.59 bits per heavy atom. The number of carbonyl (C=O) groups excluding carboxylic acids is 1. The van der Waals surface area contributed by atoms with Gasteiger partial charge in [-0.3, -0.25) is 4.79 Å². The molecule has 2 N–H and O–H groups in total. The molecule has 0 aliphatic carbocycles. The van der Waals surface area contributed by atoms with Crippen LogP contribution in [0.25, 0.3) is 0 Å². The molecule has 1 fully saturated rings. The highest BCUT2D eigenvalue weighted by Gasteiger charge is 2.29. The van der Waals surface area contributed by atoms with Gasteiger partial charge in [-0.1, -0.05) is 0 Å². The number of aliphatic carboxylic acids is 1. The number of hydrogen-bond donors (Lipinski definition) is 2. The van der Waals surface area contributed by atoms with Crippen LogP contribution in [0.2, 0.25) is 0 Å². The van der Waals surface area contributed by atoms with Gasteiger partial charge in [0.2, 0.25) is 0 Å². The van der Waals surface area contributed by atoms with E-state index in [1.807, 2.05) is 0 Å². The molecule has 0 aromatic heterocycles. The molecule has 1 rings (SSSR count). The summed E-state index contributed by atoms with van der Waals surface area (Å²) in [5.74, 6) is -0.408. The Hall–Kier alpha value is -0.910. The molecular weight excluding hydrogens is 242 g/mol. The lowest BCUT2D eigenvalue weighted by Gasteiger charge is -2.28. The number of alkyl carbamates (subject to hydrolysis) is 1. The molecule has 6 heteroatoms. The fourth-order valence-corrected chi connectivity index (χ4v) is 2.81. The Labute approximate surface area is 105 Å². The van der Waals surface area contributed by atoms with Gasteiger partial charge in [0.05, 0.1) is 11.3 Å². The summed E-state index contributed by atoms with van der Waals surface area (Å²) in [7, 11) is 0. The van der Waals surface area contributed by atoms with E-state index < -0.39 is 17.7 Å². The van der Waals surface area contributed by atoms with E-state index in [-0.39, 0.29) is 11.3 Å². The van der Waals surface area contributed by atoms with Crippen molar-refractivity contribution in [3.05, 3.63) is 0 Å². The van der Waals surface area contributed by atoms with E-state index >= 15 is 0 Å². The van der Waals surface area contributed by atoms with Crippen LogP contribution in [0, 0.1) is 5.92 Å². The van der Waals surface area contributed by atoms with Gasteiger partial charge < -0.3 is 15.2 Å². The van der Waals surface area contributed by atoms with Crippen LogP contribution < -0.4 is 5.32 Å². The van der Waals surface area contributed by atoms with E-state index in [9.17, 15) is 9.59 Å². The number of carboxylic acid groups (broad SMARTS) is 1. The highest BCUT2D eigenvalue weighted by atomic mass is 32.2. The molecule has 1 amide bonds. The van der Waals surface area contributed by atoms with Crippen LogP contribution >= 0.6 is 11.8 Å². The lowest BCUT2D eigenvalue weighted by Crippen LogP contribution is -2.41. The van der Waals surface area contributed by atoms with Crippen LogP contribution in [-0.4, -0.2) is 33.9 Å². The quantitative estimate of drug-likeness (QED) is 0.795. The molecule has 1 aliphatic rings. The van der Waals surface area contributed by atoms with Crippen LogP contribution in [0.3, 0.4) is 0 Å². The van der Waals surface area contributed by atoms with Crippen LogP contribution in [0.5, 0.6) is 0 Å². The molecule has 2 unspecified atom stereocenters. The van der Waals surface area contributed by atoms with Gasteiger partial charge >= 0.3 is 12.1 Å². The van der Waals surface area contributed by atoms with E-state index in [1.165, 1.54) is 0 Å². The van der Waals surface area contributed by atoms with Crippen molar-refractivity contribution in [1.82, 2.24) is 5.32 Å². The third kappa shape index (κ3) is 5.30. The maximum Gasteiger partial charge on any atom is 0.408 e. The highest BCUT2D eigenvalue weighted by molar-refractivity contribution is 7.99. The average molecular weight is 261 g/mol. The molecule has 5 nitrogen and oxygen atoms in total. The van der Waals surface area contributed by atoms with Gasteiger partial charge in [-0.2, -0.15) is 0 Å². The molecule has 1 aliphatic heterocycles. The van der Waals surface area contributed by atoms with Gasteiger partial charge in [0.25, 0.3) is 0 Å². The molecule has 0 bridgehead atoms. The van der Waals surface area contributed by atoms with Crippen LogP contribution in [0.1, 0.15) is 33.6 Å². The first kappa shape index (κ1) is 14.2. The van der Waals surface area contributed by atoms with Gasteiger partial charge in [0.15, 0.2) is 0 Å². The maximum absolute atomic E-state index is 11.5. The van der Waals surface area contributed by atoms with Crippen molar-refractivity contribution in [3.63, 3.8) is 0 Å². The summed E-state index contributed by atoms with van der Waals surface area (Å²) >= 11 is 1.56. The third-order valence-corrected chi connectivity index (χ3v) is 3.49. The van der Waals surface area contributed by atoms with Gasteiger partial charge in [0, 0.05) is 0 Å². The lowest BCUT2D eigenvalue weighted by molar-refractivity contribution is -0.142. The molecule has 0 aromatic carbocycles. The van der Waals surface area contributed by atoms with Crippen LogP contribution in [-0.2, 0) is 9.53 Å². The lowest BCUT2D eigenvalue weighted by atomic mass is 10.0. The minimum absolute atomic E-state index is 0.167. The number of amides is 1. The minimum Gasteiger partial charge on any atom is -0.481 e. The first-order chi connectivity index (χ1) is 7.78. The maximum atomic E-state index is 11.5. The number of carboxylic acids is 1. The molecule has 2 atom stereocenters. The summed E-state index contributed by atoms with van der Waals surface area (Å²) in [5, 5.41) is 11.5. The molecule has 98 valence electrons. The second-order valence-electron chi connectivity index (χ2n) is 5.07. The monoisotopic (exact) mass is 261 g/mol. The number of nitrogens with one attached hydrogen (secondary N) is 1. The van der Waals surface area contributed by atoms with Crippen molar-refractivity contribution in [1.29, 1.82) is 0 Å². The summed E-state index contributed by atoms with van der Waals surface area (Å²) in [6, 6.07) is 0. The molecule has 1 saturated heterocycles. The number of thioether (sulfide) groups is 1. The van der Waals surface area contributed by atoms with E-state index in [0.29, 0.717) is 12.8 Å². The molecular formula is C11H19NO4S. The molecule has 17 heavy (non-hydrogen) atoms. The van der Waals surface area contributed by atoms with Gasteiger partial charge in [0.1, 0.15) is 5.60 Å². The zero-order valence-corrected chi connectivity index (χ0v) is 11.2. The van der Waals surface area contributed by atoms with Gasteiger partial charge in [-0.05, 0) is 39.4 Å². The Kier molecular flexibility index (Phi) is 4.68. The van der Waals surface area contributed by atoms with E-state index in [1.54, 1.807) is 32.5 Å². The van der Waals surface area contributed by atoms with Crippen molar-refractivity contribution in [2.75, 3.05) is 5.75 Å². The molecule has 0 radical (unpaired) electrons. The summed E-state index contributed by atoms with van der Waals surface area (Å²) in [6.45, 7) is 5.38. The highest BCUT2D eigenvalue weighted by Crippen LogP contribution is 2.28. The summed E-state index contributed by atoms with van der Waals surface area (Å²) in [4.78, 5) is 22.4. The fourth-order valence-electron chi connectivity index (χ4n) is 1.56. The molecule has 1 heterocycles. The normalized spacial score (nSPS) is 25.1. The van der Waals surface area contributed by atoms with Gasteiger partial charge in [-0.15, -0.1) is 11.8 Å². The van der Waals surface area contributed by atoms with Gasteiger partial charge in [-0.25, -0.2) is 4.79 Å². The summed E-state index contributed by atoms with van der Waals surface area (Å²) in [6.07, 6.45) is 0.632. The minimum atomic E-state index is -0.790. The molecule has 0 spiro atoms. The Morgan fingerprint density at radius 2 is 2.06 bits per heavy atom. The summed E-state index contributed by atoms with van der Waals surface area (Å²) < 4.78 is 5.13. The van der Waals surface area contributed by atoms with E-state index in [0.717, 1.165) is 5.75 Å². The number of hydrogen-bond acceptors (Lipinski definition) is 4. The zero-order chi connectivity index (χ0) is 13.1. The second kappa shape index (κ2) is 5.62. The molecule has 0 saturated carbocycles. The number of carbonyl (C=O) groups is 2. The molecule has 0 aromatic rings. The Balaban J connectivity index is 2.41. The largest absolute Gasteiger partial charge is 0.481 e. The van der Waals surface area contributed by atoms with Crippen molar-refractivity contribution in [3.8, 4) is 0 Å². The van der Waals surface area contributed by atoms with Crippen LogP contribution in [0.4, 0.5) is 4.79 Å². The van der Waals surface area contributed by atoms with Crippen molar-refractivity contribution in [2.24, 2.45) is 5.92 Å². The summed E-state index contributed by atoms with van der Waals surface area (Å²) in [5.41, 5.74) is -0.532. The third-order valence-electron chi connectivity index (χ3n) is 2.31. The smallest absolute Gasteiger partial charge is 0.408 e. The Bertz CT molecular complexity index is 300. The first-order valence-corrected chi connectivity index (χ1v) is 6.67. The first-order valence-electron chi connectivity index (χ1n) is 5.62. The van der Waals surface area contributed by atoms with E-state index in [2.05, 4.69) is 5.32 Å². The standard InChI is InChI=1S/C11H19NO4S/c1-11(2,3)16-10(15)12-8-6-7(9(13)14)4-5-17-8/h7-8H,4-6H2,1-3H3,(H,12,15)(H,13,14). The SMILES string of the molecule is CC(C)(C)OC(=O)NC1CC(C(=O)O)CCS1. The van der Waals surface area contributed by atoms with Crippen molar-refractivity contribution in [2.45, 2.75) is 44.6 Å². The predicted molar refractivity (Wildman–Crippen MR) is 66.0 cm³/mol. The number of ether oxygens (including phenoxy) is 1.